The quantitative estimate of drug-likeness (QED) is 0.755. The van der Waals surface area contributed by atoms with Gasteiger partial charge in [-0.25, -0.2) is 0 Å². The normalized spacial score (nSPS) is 10.5. The van der Waals surface area contributed by atoms with Gasteiger partial charge in [0.1, 0.15) is 5.75 Å². The molecule has 0 atom stereocenters. The van der Waals surface area contributed by atoms with Crippen molar-refractivity contribution in [2.45, 2.75) is 32.2 Å². The third kappa shape index (κ3) is 7.70. The molecular formula is C14H23ClN2O2. The lowest BCUT2D eigenvalue weighted by atomic mass is 10.1. The minimum atomic E-state index is -0.336. The van der Waals surface area contributed by atoms with Crippen LogP contribution < -0.4 is 15.8 Å². The predicted molar refractivity (Wildman–Crippen MR) is 79.7 cm³/mol. The molecule has 0 heterocycles. The second kappa shape index (κ2) is 8.77. The molecule has 0 fully saturated rings. The molecule has 4 nitrogen and oxygen atoms in total. The molecule has 1 rings (SSSR count). The second-order valence-corrected chi connectivity index (χ2v) is 4.90. The summed E-state index contributed by atoms with van der Waals surface area (Å²) in [6, 6.07) is 9.59. The first-order chi connectivity index (χ1) is 8.53. The van der Waals surface area contributed by atoms with Gasteiger partial charge in [-0.05, 0) is 32.4 Å². The first kappa shape index (κ1) is 17.7. The number of benzene rings is 1. The van der Waals surface area contributed by atoms with Crippen LogP contribution in [0.1, 0.15) is 26.7 Å². The number of carbonyl (C=O) groups is 1. The molecule has 1 amide bonds. The Hall–Kier alpha value is -1.26. The van der Waals surface area contributed by atoms with Gasteiger partial charge in [-0.15, -0.1) is 12.4 Å². The van der Waals surface area contributed by atoms with Crippen LogP contribution in [0.4, 0.5) is 0 Å². The number of hydrogen-bond donors (Lipinski definition) is 2. The molecule has 1 aromatic rings. The van der Waals surface area contributed by atoms with Crippen LogP contribution in [0, 0.1) is 0 Å². The molecule has 108 valence electrons. The summed E-state index contributed by atoms with van der Waals surface area (Å²) in [6.45, 7) is 4.79. The fourth-order valence-electron chi connectivity index (χ4n) is 1.43. The highest BCUT2D eigenvalue weighted by Gasteiger charge is 2.17. The summed E-state index contributed by atoms with van der Waals surface area (Å²) in [5, 5.41) is 2.89. The van der Waals surface area contributed by atoms with E-state index < -0.39 is 0 Å². The van der Waals surface area contributed by atoms with Gasteiger partial charge in [-0.1, -0.05) is 18.2 Å². The molecule has 0 aromatic heterocycles. The van der Waals surface area contributed by atoms with Crippen molar-refractivity contribution in [3.63, 3.8) is 0 Å². The summed E-state index contributed by atoms with van der Waals surface area (Å²) in [7, 11) is 0. The van der Waals surface area contributed by atoms with Gasteiger partial charge in [-0.2, -0.15) is 0 Å². The monoisotopic (exact) mass is 286 g/mol. The van der Waals surface area contributed by atoms with Crippen LogP contribution in [0.25, 0.3) is 0 Å². The topological polar surface area (TPSA) is 64.3 Å². The fourth-order valence-corrected chi connectivity index (χ4v) is 1.43. The maximum Gasteiger partial charge on any atom is 0.220 e. The van der Waals surface area contributed by atoms with Crippen LogP contribution in [-0.2, 0) is 4.79 Å². The zero-order valence-corrected chi connectivity index (χ0v) is 12.3. The molecule has 0 saturated carbocycles. The largest absolute Gasteiger partial charge is 0.494 e. The Morgan fingerprint density at radius 3 is 2.53 bits per heavy atom. The van der Waals surface area contributed by atoms with Crippen LogP contribution in [0.3, 0.4) is 0 Å². The van der Waals surface area contributed by atoms with E-state index >= 15 is 0 Å². The molecule has 19 heavy (non-hydrogen) atoms. The van der Waals surface area contributed by atoms with Gasteiger partial charge in [0.2, 0.25) is 5.91 Å². The number of ether oxygens (including phenoxy) is 1. The molecule has 3 N–H and O–H groups in total. The van der Waals surface area contributed by atoms with E-state index in [0.29, 0.717) is 26.0 Å². The molecule has 0 bridgehead atoms. The number of nitrogens with one attached hydrogen (secondary N) is 1. The van der Waals surface area contributed by atoms with Crippen molar-refractivity contribution in [1.29, 1.82) is 0 Å². The smallest absolute Gasteiger partial charge is 0.220 e. The van der Waals surface area contributed by atoms with Crippen molar-refractivity contribution >= 4 is 18.3 Å². The molecule has 0 saturated heterocycles. The fraction of sp³-hybridized carbons (Fsp3) is 0.500. The number of hydrogen-bond acceptors (Lipinski definition) is 3. The van der Waals surface area contributed by atoms with E-state index in [4.69, 9.17) is 10.5 Å². The van der Waals surface area contributed by atoms with Gasteiger partial charge in [0, 0.05) is 18.5 Å². The summed E-state index contributed by atoms with van der Waals surface area (Å²) in [5.41, 5.74) is 5.21. The van der Waals surface area contributed by atoms with Gasteiger partial charge in [0.05, 0.1) is 6.61 Å². The molecule has 0 aliphatic carbocycles. The average Bonchev–Trinajstić information content (AvgIpc) is 2.35. The minimum Gasteiger partial charge on any atom is -0.494 e. The number of halogens is 1. The van der Waals surface area contributed by atoms with Crippen molar-refractivity contribution in [2.24, 2.45) is 5.73 Å². The first-order valence-electron chi connectivity index (χ1n) is 6.22. The summed E-state index contributed by atoms with van der Waals surface area (Å²) >= 11 is 0. The Labute approximate surface area is 121 Å². The molecule has 1 aromatic carbocycles. The number of nitrogens with two attached hydrogens (primary N) is 1. The van der Waals surface area contributed by atoms with E-state index in [0.717, 1.165) is 5.75 Å². The molecule has 0 aliphatic rings. The maximum atomic E-state index is 11.6. The summed E-state index contributed by atoms with van der Waals surface area (Å²) in [5.74, 6) is 0.849. The maximum absolute atomic E-state index is 11.6. The Morgan fingerprint density at radius 2 is 1.95 bits per heavy atom. The standard InChI is InChI=1S/C14H22N2O2.ClH/c1-14(2,11-15)16-13(17)9-6-10-18-12-7-4-3-5-8-12;/h3-5,7-8H,6,9-11,15H2,1-2H3,(H,16,17);1H. The summed E-state index contributed by atoms with van der Waals surface area (Å²) in [6.07, 6.45) is 1.15. The van der Waals surface area contributed by atoms with Gasteiger partial charge >= 0.3 is 0 Å². The number of carbonyl (C=O) groups excluding carboxylic acids is 1. The molecule has 0 unspecified atom stereocenters. The van der Waals surface area contributed by atoms with Gasteiger partial charge < -0.3 is 15.8 Å². The first-order valence-corrected chi connectivity index (χ1v) is 6.22. The number of para-hydroxylation sites is 1. The lowest BCUT2D eigenvalue weighted by Gasteiger charge is -2.24. The molecule has 0 radical (unpaired) electrons. The highest BCUT2D eigenvalue weighted by Crippen LogP contribution is 2.09. The lowest BCUT2D eigenvalue weighted by Crippen LogP contribution is -2.48. The van der Waals surface area contributed by atoms with E-state index in [9.17, 15) is 4.79 Å². The third-order valence-electron chi connectivity index (χ3n) is 2.55. The Balaban J connectivity index is 0.00000324. The van der Waals surface area contributed by atoms with Crippen LogP contribution in [0.2, 0.25) is 0 Å². The predicted octanol–water partition coefficient (Wildman–Crippen LogP) is 2.12. The van der Waals surface area contributed by atoms with Gasteiger partial charge in [-0.3, -0.25) is 4.79 Å². The van der Waals surface area contributed by atoms with Crippen LogP contribution in [0.15, 0.2) is 30.3 Å². The number of amides is 1. The van der Waals surface area contributed by atoms with E-state index in [1.165, 1.54) is 0 Å². The van der Waals surface area contributed by atoms with Gasteiger partial charge in [0.25, 0.3) is 0 Å². The van der Waals surface area contributed by atoms with E-state index in [1.54, 1.807) is 0 Å². The van der Waals surface area contributed by atoms with Crippen molar-refractivity contribution in [3.05, 3.63) is 30.3 Å². The Morgan fingerprint density at radius 1 is 1.32 bits per heavy atom. The van der Waals surface area contributed by atoms with Crippen molar-refractivity contribution in [1.82, 2.24) is 5.32 Å². The number of rotatable bonds is 7. The van der Waals surface area contributed by atoms with E-state index in [1.807, 2.05) is 44.2 Å². The highest BCUT2D eigenvalue weighted by atomic mass is 35.5. The van der Waals surface area contributed by atoms with Crippen molar-refractivity contribution in [2.75, 3.05) is 13.2 Å². The van der Waals surface area contributed by atoms with Crippen molar-refractivity contribution < 1.29 is 9.53 Å². The van der Waals surface area contributed by atoms with Gasteiger partial charge in [0.15, 0.2) is 0 Å². The second-order valence-electron chi connectivity index (χ2n) is 4.90. The van der Waals surface area contributed by atoms with E-state index in [2.05, 4.69) is 5.32 Å². The average molecular weight is 287 g/mol. The minimum absolute atomic E-state index is 0. The summed E-state index contributed by atoms with van der Waals surface area (Å²) < 4.78 is 5.51. The lowest BCUT2D eigenvalue weighted by molar-refractivity contribution is -0.122. The van der Waals surface area contributed by atoms with E-state index in [-0.39, 0.29) is 23.9 Å². The van der Waals surface area contributed by atoms with Crippen LogP contribution in [0.5, 0.6) is 5.75 Å². The third-order valence-corrected chi connectivity index (χ3v) is 2.55. The summed E-state index contributed by atoms with van der Waals surface area (Å²) in [4.78, 5) is 11.6. The Kier molecular flexibility index (Phi) is 8.19. The zero-order valence-electron chi connectivity index (χ0n) is 11.5. The van der Waals surface area contributed by atoms with Crippen LogP contribution in [-0.4, -0.2) is 24.6 Å². The molecular weight excluding hydrogens is 264 g/mol. The Bertz CT molecular complexity index is 369. The molecule has 0 spiro atoms. The zero-order chi connectivity index (χ0) is 13.4. The molecule has 5 heteroatoms. The molecule has 0 aliphatic heterocycles. The highest BCUT2D eigenvalue weighted by molar-refractivity contribution is 5.85. The SMILES string of the molecule is CC(C)(CN)NC(=O)CCCOc1ccccc1.Cl. The van der Waals surface area contributed by atoms with Crippen molar-refractivity contribution in [3.8, 4) is 5.75 Å². The van der Waals surface area contributed by atoms with Crippen LogP contribution >= 0.6 is 12.4 Å².